The molecular weight excluding hydrogens is 460 g/mol. The van der Waals surface area contributed by atoms with E-state index in [2.05, 4.69) is 22.8 Å². The van der Waals surface area contributed by atoms with Crippen molar-refractivity contribution in [3.63, 3.8) is 0 Å². The molecule has 0 fully saturated rings. The Morgan fingerprint density at radius 3 is 2.71 bits per heavy atom. The van der Waals surface area contributed by atoms with Gasteiger partial charge in [0, 0.05) is 10.5 Å². The van der Waals surface area contributed by atoms with Gasteiger partial charge in [0.2, 0.25) is 0 Å². The molecule has 35 heavy (non-hydrogen) atoms. The summed E-state index contributed by atoms with van der Waals surface area (Å²) in [5, 5.41) is 6.11. The Hall–Kier alpha value is -3.71. The van der Waals surface area contributed by atoms with Crippen molar-refractivity contribution in [2.45, 2.75) is 30.2 Å². The molecule has 2 N–H and O–H groups in total. The van der Waals surface area contributed by atoms with Crippen LogP contribution in [0.1, 0.15) is 45.9 Å². The van der Waals surface area contributed by atoms with Crippen LogP contribution < -0.4 is 20.1 Å². The van der Waals surface area contributed by atoms with Crippen LogP contribution in [0.15, 0.2) is 70.5 Å². The summed E-state index contributed by atoms with van der Waals surface area (Å²) >= 11 is 1.38. The summed E-state index contributed by atoms with van der Waals surface area (Å²) in [6.45, 7) is 0. The Bertz CT molecular complexity index is 1330. The number of amides is 2. The van der Waals surface area contributed by atoms with Crippen LogP contribution in [0.4, 0.5) is 5.69 Å². The highest BCUT2D eigenvalue weighted by Gasteiger charge is 2.25. The van der Waals surface area contributed by atoms with Crippen molar-refractivity contribution in [3.8, 4) is 11.5 Å². The first-order chi connectivity index (χ1) is 17.1. The molecule has 3 aromatic carbocycles. The Balaban J connectivity index is 1.34. The largest absolute Gasteiger partial charge is 0.493 e. The van der Waals surface area contributed by atoms with E-state index in [9.17, 15) is 9.59 Å². The number of carbonyl (C=O) groups excluding carboxylic acids is 2. The van der Waals surface area contributed by atoms with Crippen LogP contribution in [0, 0.1) is 0 Å². The second kappa shape index (κ2) is 9.88. The third kappa shape index (κ3) is 4.77. The van der Waals surface area contributed by atoms with E-state index in [0.29, 0.717) is 27.7 Å². The molecule has 0 saturated heterocycles. The molecule has 178 valence electrons. The average Bonchev–Trinajstić information content (AvgIpc) is 2.89. The number of fused-ring (bicyclic) bond motifs is 2. The molecule has 5 rings (SSSR count). The van der Waals surface area contributed by atoms with Crippen molar-refractivity contribution in [1.82, 2.24) is 5.32 Å². The fraction of sp³-hybridized carbons (Fsp3) is 0.214. The minimum atomic E-state index is -0.212. The lowest BCUT2D eigenvalue weighted by Crippen LogP contribution is -2.31. The highest BCUT2D eigenvalue weighted by Crippen LogP contribution is 2.40. The summed E-state index contributed by atoms with van der Waals surface area (Å²) in [5.41, 5.74) is 4.49. The summed E-state index contributed by atoms with van der Waals surface area (Å²) in [6.07, 6.45) is 4.83. The summed E-state index contributed by atoms with van der Waals surface area (Å²) in [4.78, 5) is 27.3. The zero-order valence-electron chi connectivity index (χ0n) is 19.6. The zero-order valence-corrected chi connectivity index (χ0v) is 20.4. The summed E-state index contributed by atoms with van der Waals surface area (Å²) in [6, 6.07) is 19.2. The minimum absolute atomic E-state index is 0.00322. The molecule has 0 unspecified atom stereocenters. The third-order valence-corrected chi connectivity index (χ3v) is 7.41. The zero-order chi connectivity index (χ0) is 24.4. The normalized spacial score (nSPS) is 17.7. The monoisotopic (exact) mass is 486 g/mol. The van der Waals surface area contributed by atoms with Gasteiger partial charge in [0.05, 0.1) is 30.9 Å². The predicted molar refractivity (Wildman–Crippen MR) is 138 cm³/mol. The maximum Gasteiger partial charge on any atom is 0.262 e. The molecule has 3 aromatic rings. The standard InChI is InChI=1S/C28H26N2O4S/c1-33-23-12-10-17(14-24(23)34-2)15-26-28(32)30-22-16-19(11-13-25(22)35-26)27(31)29-21-9-5-7-18-6-3-4-8-20(18)21/h3-4,6,8,10-16,21H,5,7,9H2,1-2H3,(H,29,31)(H,30,32)/b26-15+/t21-/m0/s1. The Labute approximate surface area is 208 Å². The van der Waals surface area contributed by atoms with E-state index in [-0.39, 0.29) is 17.9 Å². The van der Waals surface area contributed by atoms with E-state index < -0.39 is 0 Å². The van der Waals surface area contributed by atoms with Crippen LogP contribution in [-0.2, 0) is 11.2 Å². The van der Waals surface area contributed by atoms with E-state index in [0.717, 1.165) is 29.7 Å². The van der Waals surface area contributed by atoms with Crippen molar-refractivity contribution in [2.75, 3.05) is 19.5 Å². The lowest BCUT2D eigenvalue weighted by molar-refractivity contribution is -0.112. The van der Waals surface area contributed by atoms with Gasteiger partial charge in [-0.2, -0.15) is 0 Å². The maximum absolute atomic E-state index is 13.0. The molecule has 0 bridgehead atoms. The average molecular weight is 487 g/mol. The number of anilines is 1. The molecule has 2 amide bonds. The molecule has 1 atom stereocenters. The van der Waals surface area contributed by atoms with Gasteiger partial charge in [-0.25, -0.2) is 0 Å². The second-order valence-corrected chi connectivity index (χ2v) is 9.59. The quantitative estimate of drug-likeness (QED) is 0.460. The summed E-state index contributed by atoms with van der Waals surface area (Å²) < 4.78 is 10.6. The first-order valence-electron chi connectivity index (χ1n) is 11.5. The molecule has 7 heteroatoms. The van der Waals surface area contributed by atoms with E-state index in [1.807, 2.05) is 36.4 Å². The van der Waals surface area contributed by atoms with Crippen molar-refractivity contribution in [2.24, 2.45) is 0 Å². The molecule has 6 nitrogen and oxygen atoms in total. The van der Waals surface area contributed by atoms with Crippen LogP contribution in [0.3, 0.4) is 0 Å². The highest BCUT2D eigenvalue weighted by atomic mass is 32.2. The van der Waals surface area contributed by atoms with E-state index in [1.54, 1.807) is 32.4 Å². The maximum atomic E-state index is 13.0. The van der Waals surface area contributed by atoms with Gasteiger partial charge >= 0.3 is 0 Å². The van der Waals surface area contributed by atoms with Crippen LogP contribution in [-0.4, -0.2) is 26.0 Å². The smallest absolute Gasteiger partial charge is 0.262 e. The molecule has 1 aliphatic carbocycles. The summed E-state index contributed by atoms with van der Waals surface area (Å²) in [5.74, 6) is 0.874. The van der Waals surface area contributed by atoms with Gasteiger partial charge in [0.1, 0.15) is 0 Å². The van der Waals surface area contributed by atoms with Crippen molar-refractivity contribution < 1.29 is 19.1 Å². The van der Waals surface area contributed by atoms with Gasteiger partial charge in [0.25, 0.3) is 11.8 Å². The fourth-order valence-electron chi connectivity index (χ4n) is 4.54. The molecule has 2 aliphatic rings. The predicted octanol–water partition coefficient (Wildman–Crippen LogP) is 5.60. The number of aryl methyl sites for hydroxylation is 1. The number of hydrogen-bond acceptors (Lipinski definition) is 5. The van der Waals surface area contributed by atoms with Gasteiger partial charge in [-0.3, -0.25) is 9.59 Å². The molecule has 0 spiro atoms. The van der Waals surface area contributed by atoms with E-state index in [1.165, 1.54) is 22.9 Å². The number of rotatable bonds is 5. The van der Waals surface area contributed by atoms with Crippen LogP contribution in [0.25, 0.3) is 6.08 Å². The SMILES string of the molecule is COc1ccc(/C=C2/Sc3ccc(C(=O)N[C@H]4CCCc5ccccc54)cc3NC2=O)cc1OC. The topological polar surface area (TPSA) is 76.7 Å². The second-order valence-electron chi connectivity index (χ2n) is 8.51. The number of thioether (sulfide) groups is 1. The number of ether oxygens (including phenoxy) is 2. The van der Waals surface area contributed by atoms with Crippen LogP contribution in [0.2, 0.25) is 0 Å². The Morgan fingerprint density at radius 1 is 1.06 bits per heavy atom. The molecule has 1 aliphatic heterocycles. The van der Waals surface area contributed by atoms with E-state index >= 15 is 0 Å². The summed E-state index contributed by atoms with van der Waals surface area (Å²) in [7, 11) is 3.16. The third-order valence-electron chi connectivity index (χ3n) is 6.31. The van der Waals surface area contributed by atoms with Gasteiger partial charge in [-0.15, -0.1) is 0 Å². The molecular formula is C28H26N2O4S. The number of carbonyl (C=O) groups is 2. The lowest BCUT2D eigenvalue weighted by atomic mass is 9.87. The fourth-order valence-corrected chi connectivity index (χ4v) is 5.47. The van der Waals surface area contributed by atoms with Gasteiger partial charge in [-0.1, -0.05) is 42.1 Å². The lowest BCUT2D eigenvalue weighted by Gasteiger charge is -2.26. The first-order valence-corrected chi connectivity index (χ1v) is 12.3. The van der Waals surface area contributed by atoms with E-state index in [4.69, 9.17) is 9.47 Å². The Kier molecular flexibility index (Phi) is 6.51. The van der Waals surface area contributed by atoms with Crippen LogP contribution >= 0.6 is 11.8 Å². The van der Waals surface area contributed by atoms with Gasteiger partial charge in [0.15, 0.2) is 11.5 Å². The van der Waals surface area contributed by atoms with Crippen molar-refractivity contribution >= 4 is 35.3 Å². The van der Waals surface area contributed by atoms with Crippen molar-refractivity contribution in [3.05, 3.63) is 87.8 Å². The molecule has 0 radical (unpaired) electrons. The molecule has 0 aromatic heterocycles. The molecule has 0 saturated carbocycles. The number of nitrogens with one attached hydrogen (secondary N) is 2. The van der Waals surface area contributed by atoms with Crippen LogP contribution in [0.5, 0.6) is 11.5 Å². The number of hydrogen-bond donors (Lipinski definition) is 2. The highest BCUT2D eigenvalue weighted by molar-refractivity contribution is 8.04. The number of benzene rings is 3. The first kappa shape index (κ1) is 23.1. The number of methoxy groups -OCH3 is 2. The van der Waals surface area contributed by atoms with Gasteiger partial charge in [-0.05, 0) is 72.4 Å². The van der Waals surface area contributed by atoms with Crippen molar-refractivity contribution in [1.29, 1.82) is 0 Å². The minimum Gasteiger partial charge on any atom is -0.493 e. The van der Waals surface area contributed by atoms with Gasteiger partial charge < -0.3 is 20.1 Å². The molecule has 1 heterocycles. The Morgan fingerprint density at radius 2 is 1.89 bits per heavy atom.